The van der Waals surface area contributed by atoms with Gasteiger partial charge in [0.05, 0.1) is 0 Å². The number of rotatable bonds is 3. The van der Waals surface area contributed by atoms with Crippen molar-refractivity contribution in [1.82, 2.24) is 0 Å². The molecule has 0 fully saturated rings. The summed E-state index contributed by atoms with van der Waals surface area (Å²) in [5, 5.41) is 13.1. The molecule has 1 rings (SSSR count). The highest BCUT2D eigenvalue weighted by Crippen LogP contribution is 2.17. The van der Waals surface area contributed by atoms with Gasteiger partial charge in [-0.25, -0.2) is 0 Å². The van der Waals surface area contributed by atoms with Crippen LogP contribution in [0.1, 0.15) is 18.1 Å². The molecule has 1 nitrogen and oxygen atoms in total. The van der Waals surface area contributed by atoms with Crippen molar-refractivity contribution in [3.63, 3.8) is 0 Å². The standard InChI is InChI=1S/C9H14OS/c1-7(4-10)3-9-6-11-5-8(9)2/h5-7,10H,3-4H2,1-2H3. The van der Waals surface area contributed by atoms with E-state index in [0.717, 1.165) is 6.42 Å². The van der Waals surface area contributed by atoms with Gasteiger partial charge in [0.25, 0.3) is 0 Å². The molecule has 0 spiro atoms. The molecule has 0 aliphatic carbocycles. The zero-order valence-corrected chi connectivity index (χ0v) is 7.82. The SMILES string of the molecule is Cc1cscc1CC(C)CO. The molecular formula is C9H14OS. The lowest BCUT2D eigenvalue weighted by atomic mass is 10.0. The fourth-order valence-electron chi connectivity index (χ4n) is 1.04. The Labute approximate surface area is 71.7 Å². The van der Waals surface area contributed by atoms with Crippen LogP contribution in [-0.4, -0.2) is 11.7 Å². The van der Waals surface area contributed by atoms with Crippen LogP contribution in [-0.2, 0) is 6.42 Å². The molecule has 1 atom stereocenters. The Kier molecular flexibility index (Phi) is 3.09. The average molecular weight is 170 g/mol. The second kappa shape index (κ2) is 3.88. The summed E-state index contributed by atoms with van der Waals surface area (Å²) >= 11 is 1.74. The molecule has 0 saturated carbocycles. The van der Waals surface area contributed by atoms with Crippen molar-refractivity contribution in [2.45, 2.75) is 20.3 Å². The minimum absolute atomic E-state index is 0.287. The van der Waals surface area contributed by atoms with E-state index in [1.54, 1.807) is 11.3 Å². The van der Waals surface area contributed by atoms with Crippen LogP contribution in [0.15, 0.2) is 10.8 Å². The molecule has 0 aliphatic rings. The summed E-state index contributed by atoms with van der Waals surface area (Å²) in [6, 6.07) is 0. The Morgan fingerprint density at radius 1 is 1.55 bits per heavy atom. The summed E-state index contributed by atoms with van der Waals surface area (Å²) in [4.78, 5) is 0. The molecule has 1 heterocycles. The fraction of sp³-hybridized carbons (Fsp3) is 0.556. The Morgan fingerprint density at radius 3 is 2.73 bits per heavy atom. The van der Waals surface area contributed by atoms with Crippen molar-refractivity contribution in [2.75, 3.05) is 6.61 Å². The highest BCUT2D eigenvalue weighted by atomic mass is 32.1. The zero-order valence-electron chi connectivity index (χ0n) is 7.00. The molecule has 0 bridgehead atoms. The van der Waals surface area contributed by atoms with E-state index in [1.165, 1.54) is 11.1 Å². The van der Waals surface area contributed by atoms with Crippen LogP contribution >= 0.6 is 11.3 Å². The molecule has 11 heavy (non-hydrogen) atoms. The maximum atomic E-state index is 8.83. The molecule has 1 N–H and O–H groups in total. The maximum Gasteiger partial charge on any atom is 0.0459 e. The van der Waals surface area contributed by atoms with Crippen molar-refractivity contribution in [3.05, 3.63) is 21.9 Å². The molecular weight excluding hydrogens is 156 g/mol. The molecule has 1 unspecified atom stereocenters. The van der Waals surface area contributed by atoms with Gasteiger partial charge < -0.3 is 5.11 Å². The second-order valence-corrected chi connectivity index (χ2v) is 3.82. The Balaban J connectivity index is 2.56. The van der Waals surface area contributed by atoms with Crippen molar-refractivity contribution in [1.29, 1.82) is 0 Å². The first kappa shape index (κ1) is 8.75. The van der Waals surface area contributed by atoms with Crippen LogP contribution in [0.3, 0.4) is 0 Å². The van der Waals surface area contributed by atoms with Crippen LogP contribution in [0.25, 0.3) is 0 Å². The lowest BCUT2D eigenvalue weighted by Crippen LogP contribution is -2.04. The Hall–Kier alpha value is -0.340. The lowest BCUT2D eigenvalue weighted by Gasteiger charge is -2.05. The van der Waals surface area contributed by atoms with Gasteiger partial charge >= 0.3 is 0 Å². The first-order valence-electron chi connectivity index (χ1n) is 3.86. The molecule has 1 aromatic heterocycles. The van der Waals surface area contributed by atoms with E-state index < -0.39 is 0 Å². The normalized spacial score (nSPS) is 13.4. The number of hydrogen-bond acceptors (Lipinski definition) is 2. The van der Waals surface area contributed by atoms with E-state index in [0.29, 0.717) is 5.92 Å². The van der Waals surface area contributed by atoms with E-state index in [2.05, 4.69) is 24.6 Å². The van der Waals surface area contributed by atoms with E-state index >= 15 is 0 Å². The monoisotopic (exact) mass is 170 g/mol. The van der Waals surface area contributed by atoms with Gasteiger partial charge in [-0.15, -0.1) is 0 Å². The summed E-state index contributed by atoms with van der Waals surface area (Å²) in [6.45, 7) is 4.47. The Bertz CT molecular complexity index is 217. The first-order chi connectivity index (χ1) is 5.24. The molecule has 1 aromatic rings. The van der Waals surface area contributed by atoms with Crippen molar-refractivity contribution >= 4 is 11.3 Å². The highest BCUT2D eigenvalue weighted by Gasteiger charge is 2.04. The summed E-state index contributed by atoms with van der Waals surface area (Å²) in [5.74, 6) is 0.392. The van der Waals surface area contributed by atoms with Gasteiger partial charge in [-0.1, -0.05) is 6.92 Å². The van der Waals surface area contributed by atoms with Crippen molar-refractivity contribution in [3.8, 4) is 0 Å². The van der Waals surface area contributed by atoms with E-state index in [1.807, 2.05) is 0 Å². The third kappa shape index (κ3) is 2.31. The van der Waals surface area contributed by atoms with Gasteiger partial charge in [0.15, 0.2) is 0 Å². The quantitative estimate of drug-likeness (QED) is 0.737. The Morgan fingerprint density at radius 2 is 2.27 bits per heavy atom. The van der Waals surface area contributed by atoms with Gasteiger partial charge in [-0.05, 0) is 41.1 Å². The maximum absolute atomic E-state index is 8.83. The lowest BCUT2D eigenvalue weighted by molar-refractivity contribution is 0.237. The predicted octanol–water partition coefficient (Wildman–Crippen LogP) is 2.23. The van der Waals surface area contributed by atoms with E-state index in [-0.39, 0.29) is 6.61 Å². The third-order valence-electron chi connectivity index (χ3n) is 1.84. The smallest absolute Gasteiger partial charge is 0.0459 e. The number of aliphatic hydroxyl groups excluding tert-OH is 1. The fourth-order valence-corrected chi connectivity index (χ4v) is 1.91. The summed E-state index contributed by atoms with van der Waals surface area (Å²) in [6.07, 6.45) is 1.01. The number of hydrogen-bond donors (Lipinski definition) is 1. The third-order valence-corrected chi connectivity index (χ3v) is 2.75. The van der Waals surface area contributed by atoms with Crippen LogP contribution in [0.4, 0.5) is 0 Å². The van der Waals surface area contributed by atoms with Crippen LogP contribution in [0.2, 0.25) is 0 Å². The zero-order chi connectivity index (χ0) is 8.27. The van der Waals surface area contributed by atoms with Gasteiger partial charge in [0.2, 0.25) is 0 Å². The van der Waals surface area contributed by atoms with Crippen molar-refractivity contribution < 1.29 is 5.11 Å². The summed E-state index contributed by atoms with van der Waals surface area (Å²) in [7, 11) is 0. The molecule has 0 aliphatic heterocycles. The number of aryl methyl sites for hydroxylation is 1. The van der Waals surface area contributed by atoms with Crippen LogP contribution in [0.5, 0.6) is 0 Å². The summed E-state index contributed by atoms with van der Waals surface area (Å²) in [5.41, 5.74) is 2.74. The highest BCUT2D eigenvalue weighted by molar-refractivity contribution is 7.08. The topological polar surface area (TPSA) is 20.2 Å². The van der Waals surface area contributed by atoms with E-state index in [4.69, 9.17) is 5.11 Å². The molecule has 2 heteroatoms. The van der Waals surface area contributed by atoms with Crippen molar-refractivity contribution in [2.24, 2.45) is 5.92 Å². The minimum Gasteiger partial charge on any atom is -0.396 e. The summed E-state index contributed by atoms with van der Waals surface area (Å²) < 4.78 is 0. The largest absolute Gasteiger partial charge is 0.396 e. The molecule has 62 valence electrons. The van der Waals surface area contributed by atoms with Crippen LogP contribution < -0.4 is 0 Å². The predicted molar refractivity (Wildman–Crippen MR) is 49.0 cm³/mol. The van der Waals surface area contributed by atoms with Gasteiger partial charge in [-0.2, -0.15) is 11.3 Å². The van der Waals surface area contributed by atoms with Gasteiger partial charge in [0, 0.05) is 6.61 Å². The molecule has 0 amide bonds. The van der Waals surface area contributed by atoms with E-state index in [9.17, 15) is 0 Å². The first-order valence-corrected chi connectivity index (χ1v) is 4.81. The minimum atomic E-state index is 0.287. The molecule has 0 radical (unpaired) electrons. The van der Waals surface area contributed by atoms with Gasteiger partial charge in [-0.3, -0.25) is 0 Å². The van der Waals surface area contributed by atoms with Gasteiger partial charge in [0.1, 0.15) is 0 Å². The second-order valence-electron chi connectivity index (χ2n) is 3.07. The number of aliphatic hydroxyl groups is 1. The van der Waals surface area contributed by atoms with Crippen LogP contribution in [0, 0.1) is 12.8 Å². The average Bonchev–Trinajstić information content (AvgIpc) is 2.37. The molecule has 0 aromatic carbocycles. The number of thiophene rings is 1. The molecule has 0 saturated heterocycles.